The third kappa shape index (κ3) is 1.95. The van der Waals surface area contributed by atoms with Crippen LogP contribution >= 0.6 is 0 Å². The average Bonchev–Trinajstić information content (AvgIpc) is 2.25. The van der Waals surface area contributed by atoms with Gasteiger partial charge in [0.1, 0.15) is 6.79 Å². The fourth-order valence-electron chi connectivity index (χ4n) is 1.44. The number of rotatable bonds is 3. The summed E-state index contributed by atoms with van der Waals surface area (Å²) in [5.74, 6) is 0.00940. The zero-order chi connectivity index (χ0) is 9.14. The summed E-state index contributed by atoms with van der Waals surface area (Å²) < 4.78 is 15.3. The van der Waals surface area contributed by atoms with Crippen LogP contribution in [0.15, 0.2) is 0 Å². The van der Waals surface area contributed by atoms with Crippen LogP contribution in [0.2, 0.25) is 0 Å². The van der Waals surface area contributed by atoms with Crippen LogP contribution in [0.3, 0.4) is 0 Å². The molecule has 0 radical (unpaired) electrons. The van der Waals surface area contributed by atoms with E-state index in [2.05, 4.69) is 0 Å². The summed E-state index contributed by atoms with van der Waals surface area (Å²) in [4.78, 5) is 0. The van der Waals surface area contributed by atoms with Crippen molar-refractivity contribution >= 4 is 0 Å². The number of hydrogen-bond acceptors (Lipinski definition) is 4. The molecule has 0 amide bonds. The summed E-state index contributed by atoms with van der Waals surface area (Å²) >= 11 is 0. The van der Waals surface area contributed by atoms with Gasteiger partial charge in [0.25, 0.3) is 0 Å². The second-order valence-electron chi connectivity index (χ2n) is 3.13. The zero-order valence-electron chi connectivity index (χ0n) is 7.69. The molecule has 1 fully saturated rings. The lowest BCUT2D eigenvalue weighted by molar-refractivity contribution is -0.108. The van der Waals surface area contributed by atoms with Gasteiger partial charge in [-0.1, -0.05) is 6.92 Å². The molecule has 1 heterocycles. The van der Waals surface area contributed by atoms with Gasteiger partial charge in [-0.25, -0.2) is 0 Å². The first-order valence-corrected chi connectivity index (χ1v) is 4.11. The molecule has 1 rings (SSSR count). The Bertz CT molecular complexity index is 139. The van der Waals surface area contributed by atoms with E-state index in [4.69, 9.17) is 14.2 Å². The van der Waals surface area contributed by atoms with Gasteiger partial charge in [0, 0.05) is 13.0 Å². The summed E-state index contributed by atoms with van der Waals surface area (Å²) in [5, 5.41) is 9.29. The quantitative estimate of drug-likeness (QED) is 0.630. The van der Waals surface area contributed by atoms with Crippen molar-refractivity contribution in [2.75, 3.05) is 13.9 Å². The number of methoxy groups -OCH3 is 1. The van der Waals surface area contributed by atoms with E-state index >= 15 is 0 Å². The Hall–Kier alpha value is -0.160. The van der Waals surface area contributed by atoms with Gasteiger partial charge in [0.15, 0.2) is 6.29 Å². The van der Waals surface area contributed by atoms with Crippen LogP contribution in [0.1, 0.15) is 13.8 Å². The van der Waals surface area contributed by atoms with E-state index in [1.807, 2.05) is 13.8 Å². The molecule has 12 heavy (non-hydrogen) atoms. The van der Waals surface area contributed by atoms with Crippen LogP contribution in [-0.4, -0.2) is 37.5 Å². The van der Waals surface area contributed by atoms with E-state index in [1.165, 1.54) is 0 Å². The minimum Gasteiger partial charge on any atom is -0.368 e. The molecule has 0 spiro atoms. The Morgan fingerprint density at radius 1 is 1.42 bits per heavy atom. The second-order valence-corrected chi connectivity index (χ2v) is 3.13. The largest absolute Gasteiger partial charge is 0.368 e. The van der Waals surface area contributed by atoms with Crippen LogP contribution in [0.4, 0.5) is 0 Å². The van der Waals surface area contributed by atoms with Gasteiger partial charge in [-0.15, -0.1) is 0 Å². The van der Waals surface area contributed by atoms with E-state index in [0.29, 0.717) is 0 Å². The van der Waals surface area contributed by atoms with Crippen molar-refractivity contribution in [2.45, 2.75) is 32.3 Å². The molecule has 0 bridgehead atoms. The molecule has 1 saturated heterocycles. The van der Waals surface area contributed by atoms with Crippen LogP contribution in [-0.2, 0) is 14.2 Å². The van der Waals surface area contributed by atoms with Gasteiger partial charge in [-0.2, -0.15) is 0 Å². The molecule has 4 atom stereocenters. The maximum atomic E-state index is 9.29. The average molecular weight is 176 g/mol. The molecule has 4 nitrogen and oxygen atoms in total. The number of hydrogen-bond donors (Lipinski definition) is 1. The van der Waals surface area contributed by atoms with E-state index in [1.54, 1.807) is 7.11 Å². The van der Waals surface area contributed by atoms with Crippen LogP contribution < -0.4 is 0 Å². The van der Waals surface area contributed by atoms with Gasteiger partial charge >= 0.3 is 0 Å². The molecule has 1 N–H and O–H groups in total. The predicted octanol–water partition coefficient (Wildman–Crippen LogP) is 0.349. The maximum Gasteiger partial charge on any atom is 0.160 e. The molecule has 0 aromatic rings. The first-order valence-electron chi connectivity index (χ1n) is 4.11. The van der Waals surface area contributed by atoms with Crippen molar-refractivity contribution in [2.24, 2.45) is 5.92 Å². The molecule has 4 unspecified atom stereocenters. The smallest absolute Gasteiger partial charge is 0.160 e. The van der Waals surface area contributed by atoms with Crippen LogP contribution in [0, 0.1) is 5.92 Å². The van der Waals surface area contributed by atoms with Crippen molar-refractivity contribution in [3.05, 3.63) is 0 Å². The van der Waals surface area contributed by atoms with Gasteiger partial charge in [0.05, 0.1) is 12.2 Å². The van der Waals surface area contributed by atoms with Crippen molar-refractivity contribution in [1.29, 1.82) is 0 Å². The highest BCUT2D eigenvalue weighted by atomic mass is 16.7. The van der Waals surface area contributed by atoms with E-state index in [-0.39, 0.29) is 24.9 Å². The zero-order valence-corrected chi connectivity index (χ0v) is 7.69. The molecule has 1 aliphatic heterocycles. The van der Waals surface area contributed by atoms with Crippen molar-refractivity contribution in [1.82, 2.24) is 0 Å². The van der Waals surface area contributed by atoms with E-state index in [9.17, 15) is 5.11 Å². The third-order valence-electron chi connectivity index (χ3n) is 2.16. The van der Waals surface area contributed by atoms with E-state index in [0.717, 1.165) is 0 Å². The monoisotopic (exact) mass is 176 g/mol. The van der Waals surface area contributed by atoms with Crippen LogP contribution in [0.5, 0.6) is 0 Å². The van der Waals surface area contributed by atoms with Gasteiger partial charge in [-0.3, -0.25) is 0 Å². The molecule has 0 aliphatic carbocycles. The Morgan fingerprint density at radius 3 is 2.50 bits per heavy atom. The summed E-state index contributed by atoms with van der Waals surface area (Å²) in [7, 11) is 1.57. The van der Waals surface area contributed by atoms with Crippen molar-refractivity contribution < 1.29 is 19.3 Å². The first-order chi connectivity index (χ1) is 5.66. The summed E-state index contributed by atoms with van der Waals surface area (Å²) in [6.07, 6.45) is -0.841. The number of ether oxygens (including phenoxy) is 3. The highest BCUT2D eigenvalue weighted by Crippen LogP contribution is 2.27. The lowest BCUT2D eigenvalue weighted by Gasteiger charge is -2.17. The van der Waals surface area contributed by atoms with Crippen molar-refractivity contribution in [3.63, 3.8) is 0 Å². The Morgan fingerprint density at radius 2 is 2.08 bits per heavy atom. The fourth-order valence-corrected chi connectivity index (χ4v) is 1.44. The Balaban J connectivity index is 2.40. The topological polar surface area (TPSA) is 47.9 Å². The summed E-state index contributed by atoms with van der Waals surface area (Å²) in [5.41, 5.74) is 0. The molecule has 0 aromatic heterocycles. The summed E-state index contributed by atoms with van der Waals surface area (Å²) in [6.45, 7) is 4.02. The predicted molar refractivity (Wildman–Crippen MR) is 42.5 cm³/mol. The molecule has 0 aromatic carbocycles. The minimum absolute atomic E-state index is 0.00940. The number of aliphatic hydroxyl groups is 1. The molecule has 4 heteroatoms. The molecule has 72 valence electrons. The second kappa shape index (κ2) is 4.18. The SMILES string of the molecule is COCOC1C(C)OC(O)C1C. The van der Waals surface area contributed by atoms with Gasteiger partial charge < -0.3 is 19.3 Å². The Kier molecular flexibility index (Phi) is 3.46. The molecule has 1 aliphatic rings. The normalized spacial score (nSPS) is 42.0. The van der Waals surface area contributed by atoms with Crippen molar-refractivity contribution in [3.8, 4) is 0 Å². The molecular formula is C8H16O4. The van der Waals surface area contributed by atoms with E-state index < -0.39 is 6.29 Å². The molecular weight excluding hydrogens is 160 g/mol. The molecule has 0 saturated carbocycles. The van der Waals surface area contributed by atoms with Crippen LogP contribution in [0.25, 0.3) is 0 Å². The highest BCUT2D eigenvalue weighted by molar-refractivity contribution is 4.81. The standard InChI is InChI=1S/C8H16O4/c1-5-7(11-4-10-3)6(2)12-8(5)9/h5-9H,4H2,1-3H3. The lowest BCUT2D eigenvalue weighted by Crippen LogP contribution is -2.28. The fraction of sp³-hybridized carbons (Fsp3) is 1.00. The lowest BCUT2D eigenvalue weighted by atomic mass is 10.0. The first kappa shape index (κ1) is 9.92. The highest BCUT2D eigenvalue weighted by Gasteiger charge is 2.39. The Labute approximate surface area is 72.4 Å². The summed E-state index contributed by atoms with van der Waals surface area (Å²) in [6, 6.07) is 0. The van der Waals surface area contributed by atoms with Gasteiger partial charge in [0.2, 0.25) is 0 Å². The number of aliphatic hydroxyl groups excluding tert-OH is 1. The minimum atomic E-state index is -0.707. The third-order valence-corrected chi connectivity index (χ3v) is 2.16. The van der Waals surface area contributed by atoms with Gasteiger partial charge in [-0.05, 0) is 6.92 Å². The maximum absolute atomic E-state index is 9.29.